The number of alkyl halides is 3. The Hall–Kier alpha value is -3.85. The van der Waals surface area contributed by atoms with Crippen LogP contribution in [0.3, 0.4) is 0 Å². The average Bonchev–Trinajstić information content (AvgIpc) is 3.02. The minimum atomic E-state index is -4.49. The highest BCUT2D eigenvalue weighted by molar-refractivity contribution is 7.20. The van der Waals surface area contributed by atoms with Crippen molar-refractivity contribution in [3.63, 3.8) is 0 Å². The Morgan fingerprint density at radius 1 is 1.11 bits per heavy atom. The number of rotatable bonds is 6. The second-order valence-electron chi connectivity index (χ2n) is 7.72. The molecular formula is C26H18F4O4S. The molecule has 0 saturated carbocycles. The third kappa shape index (κ3) is 5.99. The van der Waals surface area contributed by atoms with Crippen molar-refractivity contribution in [2.24, 2.45) is 0 Å². The molecule has 0 spiro atoms. The molecule has 0 saturated heterocycles. The summed E-state index contributed by atoms with van der Waals surface area (Å²) in [6.45, 7) is 0. The van der Waals surface area contributed by atoms with Crippen molar-refractivity contribution in [2.45, 2.75) is 19.0 Å². The van der Waals surface area contributed by atoms with Crippen molar-refractivity contribution >= 4 is 39.0 Å². The number of hydrogen-bond acceptors (Lipinski definition) is 4. The Kier molecular flexibility index (Phi) is 6.79. The summed E-state index contributed by atoms with van der Waals surface area (Å²) in [5, 5.41) is 19.3. The van der Waals surface area contributed by atoms with Crippen LogP contribution >= 0.6 is 11.3 Å². The predicted octanol–water partition coefficient (Wildman–Crippen LogP) is 8.02. The van der Waals surface area contributed by atoms with Crippen LogP contribution in [0.4, 0.5) is 17.6 Å². The third-order valence-corrected chi connectivity index (χ3v) is 6.31. The van der Waals surface area contributed by atoms with Gasteiger partial charge in [-0.3, -0.25) is 0 Å². The number of phenols is 1. The molecule has 1 heterocycles. The molecule has 1 aromatic heterocycles. The quantitative estimate of drug-likeness (QED) is 0.265. The molecule has 0 unspecified atom stereocenters. The molecular weight excluding hydrogens is 484 g/mol. The van der Waals surface area contributed by atoms with E-state index in [1.54, 1.807) is 30.3 Å². The van der Waals surface area contributed by atoms with Gasteiger partial charge in [0.05, 0.1) is 11.3 Å². The van der Waals surface area contributed by atoms with Gasteiger partial charge in [0.2, 0.25) is 0 Å². The first-order valence-corrected chi connectivity index (χ1v) is 11.2. The molecule has 4 rings (SSSR count). The maximum Gasteiger partial charge on any atom is 0.392 e. The first-order valence-electron chi connectivity index (χ1n) is 10.4. The third-order valence-electron chi connectivity index (χ3n) is 5.14. The molecule has 1 aliphatic carbocycles. The van der Waals surface area contributed by atoms with Crippen LogP contribution in [0.1, 0.15) is 23.3 Å². The highest BCUT2D eigenvalue weighted by Gasteiger charge is 2.31. The van der Waals surface area contributed by atoms with Gasteiger partial charge in [0.15, 0.2) is 5.75 Å². The summed E-state index contributed by atoms with van der Waals surface area (Å²) in [6.07, 6.45) is 0.0354. The fourth-order valence-corrected chi connectivity index (χ4v) is 4.83. The van der Waals surface area contributed by atoms with Crippen LogP contribution in [-0.2, 0) is 4.79 Å². The fourth-order valence-electron chi connectivity index (χ4n) is 3.60. The van der Waals surface area contributed by atoms with E-state index in [4.69, 9.17) is 9.84 Å². The van der Waals surface area contributed by atoms with E-state index in [-0.39, 0.29) is 29.1 Å². The molecule has 9 heteroatoms. The average molecular weight is 502 g/mol. The van der Waals surface area contributed by atoms with E-state index in [1.165, 1.54) is 24.3 Å². The topological polar surface area (TPSA) is 66.8 Å². The van der Waals surface area contributed by atoms with E-state index in [2.05, 4.69) is 0 Å². The molecule has 1 aliphatic rings. The van der Waals surface area contributed by atoms with Crippen molar-refractivity contribution in [3.8, 4) is 17.2 Å². The number of halogens is 4. The summed E-state index contributed by atoms with van der Waals surface area (Å²) >= 11 is 1.14. The van der Waals surface area contributed by atoms with Gasteiger partial charge in [-0.15, -0.1) is 11.3 Å². The highest BCUT2D eigenvalue weighted by atomic mass is 32.1. The summed E-state index contributed by atoms with van der Waals surface area (Å²) in [6, 6.07) is 11.0. The summed E-state index contributed by atoms with van der Waals surface area (Å²) in [5.74, 6) is -1.09. The number of carbonyl (C=O) groups is 1. The standard InChI is InChI=1S/C26H18F4O4S/c27-17-5-4-16(14-26(28,29)30)20(10-6-17)25-24(21-11-7-18(31)13-22(21)35-25)34-19-8-1-15(2-9-19)3-12-23(32)33/h1-3,5-13,31H,4,14H2,(H,32,33)/b12-3+. The lowest BCUT2D eigenvalue weighted by atomic mass is 10.00. The van der Waals surface area contributed by atoms with Crippen molar-refractivity contribution in [2.75, 3.05) is 0 Å². The number of phenolic OH excluding ortho intramolecular Hbond substituents is 1. The lowest BCUT2D eigenvalue weighted by Gasteiger charge is -2.14. The van der Waals surface area contributed by atoms with E-state index in [9.17, 15) is 27.5 Å². The van der Waals surface area contributed by atoms with E-state index in [0.29, 0.717) is 26.3 Å². The van der Waals surface area contributed by atoms with Crippen LogP contribution in [0.2, 0.25) is 0 Å². The Balaban J connectivity index is 1.83. The molecule has 3 aromatic rings. The van der Waals surface area contributed by atoms with Crippen LogP contribution < -0.4 is 4.74 Å². The lowest BCUT2D eigenvalue weighted by Crippen LogP contribution is -2.09. The number of fused-ring (bicyclic) bond motifs is 1. The monoisotopic (exact) mass is 502 g/mol. The van der Waals surface area contributed by atoms with E-state index < -0.39 is 24.4 Å². The number of thiophene rings is 1. The van der Waals surface area contributed by atoms with Crippen LogP contribution in [0.25, 0.3) is 21.7 Å². The normalized spacial score (nSPS) is 14.5. The number of aromatic hydroxyl groups is 1. The van der Waals surface area contributed by atoms with Crippen molar-refractivity contribution < 1.29 is 37.3 Å². The molecule has 35 heavy (non-hydrogen) atoms. The van der Waals surface area contributed by atoms with Gasteiger partial charge >= 0.3 is 12.1 Å². The number of ether oxygens (including phenoxy) is 1. The fraction of sp³-hybridized carbons (Fsp3) is 0.115. The molecule has 0 fully saturated rings. The number of benzene rings is 2. The molecule has 0 bridgehead atoms. The van der Waals surface area contributed by atoms with Gasteiger partial charge in [-0.05, 0) is 71.7 Å². The predicted molar refractivity (Wildman–Crippen MR) is 127 cm³/mol. The number of allylic oxidation sites excluding steroid dienone is 6. The maximum absolute atomic E-state index is 14.0. The molecule has 180 valence electrons. The van der Waals surface area contributed by atoms with Gasteiger partial charge in [-0.1, -0.05) is 18.2 Å². The minimum Gasteiger partial charge on any atom is -0.508 e. The van der Waals surface area contributed by atoms with Crippen molar-refractivity contribution in [1.29, 1.82) is 0 Å². The molecule has 2 aromatic carbocycles. The Morgan fingerprint density at radius 3 is 2.54 bits per heavy atom. The largest absolute Gasteiger partial charge is 0.508 e. The van der Waals surface area contributed by atoms with Gasteiger partial charge in [0.25, 0.3) is 0 Å². The smallest absolute Gasteiger partial charge is 0.392 e. The maximum atomic E-state index is 14.0. The number of carboxylic acid groups (broad SMARTS) is 1. The summed E-state index contributed by atoms with van der Waals surface area (Å²) in [5.41, 5.74) is 0.822. The first kappa shape index (κ1) is 24.3. The lowest BCUT2D eigenvalue weighted by molar-refractivity contribution is -0.131. The Morgan fingerprint density at radius 2 is 1.86 bits per heavy atom. The van der Waals surface area contributed by atoms with E-state index in [0.717, 1.165) is 29.6 Å². The molecule has 4 nitrogen and oxygen atoms in total. The number of carboxylic acids is 1. The van der Waals surface area contributed by atoms with E-state index in [1.807, 2.05) is 0 Å². The van der Waals surface area contributed by atoms with Crippen LogP contribution in [0.5, 0.6) is 17.2 Å². The van der Waals surface area contributed by atoms with Crippen molar-refractivity contribution in [3.05, 3.63) is 88.6 Å². The van der Waals surface area contributed by atoms with Gasteiger partial charge in [0, 0.05) is 16.2 Å². The van der Waals surface area contributed by atoms with Crippen molar-refractivity contribution in [1.82, 2.24) is 0 Å². The van der Waals surface area contributed by atoms with Gasteiger partial charge in [0.1, 0.15) is 17.3 Å². The Bertz CT molecular complexity index is 1390. The highest BCUT2D eigenvalue weighted by Crippen LogP contribution is 2.48. The molecule has 0 radical (unpaired) electrons. The SMILES string of the molecule is O=C(O)/C=C/c1ccc(Oc2c(C3=C(CC(F)(F)F)CC=C(F)C=C3)sc3cc(O)ccc23)cc1. The summed E-state index contributed by atoms with van der Waals surface area (Å²) < 4.78 is 60.7. The Labute approximate surface area is 201 Å². The van der Waals surface area contributed by atoms with E-state index >= 15 is 0 Å². The van der Waals surface area contributed by atoms with Crippen LogP contribution in [-0.4, -0.2) is 22.4 Å². The zero-order valence-electron chi connectivity index (χ0n) is 18.0. The van der Waals surface area contributed by atoms with Gasteiger partial charge < -0.3 is 14.9 Å². The zero-order valence-corrected chi connectivity index (χ0v) is 18.8. The first-order chi connectivity index (χ1) is 16.6. The summed E-state index contributed by atoms with van der Waals surface area (Å²) in [7, 11) is 0. The number of aliphatic carboxylic acids is 1. The van der Waals surface area contributed by atoms with Gasteiger partial charge in [-0.2, -0.15) is 13.2 Å². The van der Waals surface area contributed by atoms with Gasteiger partial charge in [-0.25, -0.2) is 9.18 Å². The number of hydrogen-bond donors (Lipinski definition) is 2. The molecule has 2 N–H and O–H groups in total. The van der Waals surface area contributed by atoms with Crippen LogP contribution in [0, 0.1) is 0 Å². The molecule has 0 aliphatic heterocycles. The second-order valence-corrected chi connectivity index (χ2v) is 8.77. The summed E-state index contributed by atoms with van der Waals surface area (Å²) in [4.78, 5) is 11.1. The minimum absolute atomic E-state index is 0.00353. The molecule has 0 amide bonds. The molecule has 0 atom stereocenters. The van der Waals surface area contributed by atoms with Crippen LogP contribution in [0.15, 0.2) is 78.2 Å². The zero-order chi connectivity index (χ0) is 25.2. The second kappa shape index (κ2) is 9.79.